The maximum absolute atomic E-state index is 11.3. The molecule has 0 radical (unpaired) electrons. The molecule has 0 saturated carbocycles. The molecule has 1 rings (SSSR count). The molecule has 0 aliphatic carbocycles. The van der Waals surface area contributed by atoms with Crippen LogP contribution < -0.4 is 10.6 Å². The molecule has 1 aromatic rings. The number of carbonyl (C=O) groups is 2. The van der Waals surface area contributed by atoms with E-state index in [1.807, 2.05) is 0 Å². The Morgan fingerprint density at radius 3 is 2.67 bits per heavy atom. The minimum atomic E-state index is -1.32. The summed E-state index contributed by atoms with van der Waals surface area (Å²) in [5.74, 6) is -1.30. The molecule has 18 heavy (non-hydrogen) atoms. The zero-order valence-electron chi connectivity index (χ0n) is 9.39. The van der Waals surface area contributed by atoms with Gasteiger partial charge in [-0.1, -0.05) is 23.7 Å². The van der Waals surface area contributed by atoms with E-state index in [1.165, 1.54) is 0 Å². The Labute approximate surface area is 109 Å². The third-order valence-electron chi connectivity index (χ3n) is 2.13. The van der Waals surface area contributed by atoms with Crippen LogP contribution in [-0.4, -0.2) is 34.9 Å². The lowest BCUT2D eigenvalue weighted by Crippen LogP contribution is -2.47. The van der Waals surface area contributed by atoms with E-state index < -0.39 is 24.6 Å². The Hall–Kier alpha value is -1.79. The van der Waals surface area contributed by atoms with E-state index in [0.717, 1.165) is 5.56 Å². The smallest absolute Gasteiger partial charge is 0.328 e. The molecule has 0 spiro atoms. The number of carboxylic acids is 1. The van der Waals surface area contributed by atoms with E-state index in [0.29, 0.717) is 5.02 Å². The number of amides is 2. The van der Waals surface area contributed by atoms with Gasteiger partial charge < -0.3 is 20.8 Å². The zero-order valence-corrected chi connectivity index (χ0v) is 10.1. The second-order valence-electron chi connectivity index (χ2n) is 3.53. The van der Waals surface area contributed by atoms with Crippen molar-refractivity contribution in [1.29, 1.82) is 0 Å². The molecule has 1 aromatic carbocycles. The van der Waals surface area contributed by atoms with Crippen LogP contribution in [0.5, 0.6) is 0 Å². The third-order valence-corrected chi connectivity index (χ3v) is 2.36. The van der Waals surface area contributed by atoms with Crippen molar-refractivity contribution in [3.63, 3.8) is 0 Å². The summed E-state index contributed by atoms with van der Waals surface area (Å²) >= 11 is 5.77. The summed E-state index contributed by atoms with van der Waals surface area (Å²) in [5.41, 5.74) is 0.786. The number of urea groups is 1. The second kappa shape index (κ2) is 6.83. The highest BCUT2D eigenvalue weighted by Crippen LogP contribution is 2.10. The first-order chi connectivity index (χ1) is 8.52. The minimum Gasteiger partial charge on any atom is -0.480 e. The summed E-state index contributed by atoms with van der Waals surface area (Å²) in [5, 5.41) is 22.5. The minimum absolute atomic E-state index is 0.212. The Kier molecular flexibility index (Phi) is 5.41. The van der Waals surface area contributed by atoms with Crippen LogP contribution in [0.1, 0.15) is 5.56 Å². The number of carbonyl (C=O) groups excluding carboxylic acids is 1. The van der Waals surface area contributed by atoms with Gasteiger partial charge in [0.1, 0.15) is 0 Å². The quantitative estimate of drug-likeness (QED) is 0.630. The SMILES string of the molecule is O=C(NCc1cccc(Cl)c1)NC(CO)C(=O)O. The number of aliphatic hydroxyl groups is 1. The molecule has 4 N–H and O–H groups in total. The number of nitrogens with one attached hydrogen (secondary N) is 2. The molecule has 7 heteroatoms. The fourth-order valence-corrected chi connectivity index (χ4v) is 1.44. The molecule has 0 saturated heterocycles. The standard InChI is InChI=1S/C11H13ClN2O4/c12-8-3-1-2-7(4-8)5-13-11(18)14-9(6-15)10(16)17/h1-4,9,15H,5-6H2,(H,16,17)(H2,13,14,18). The highest BCUT2D eigenvalue weighted by atomic mass is 35.5. The Morgan fingerprint density at radius 2 is 2.11 bits per heavy atom. The van der Waals surface area contributed by atoms with Gasteiger partial charge in [0.2, 0.25) is 0 Å². The molecular weight excluding hydrogens is 260 g/mol. The van der Waals surface area contributed by atoms with E-state index >= 15 is 0 Å². The van der Waals surface area contributed by atoms with Crippen molar-refractivity contribution >= 4 is 23.6 Å². The number of rotatable bonds is 5. The Morgan fingerprint density at radius 1 is 1.39 bits per heavy atom. The van der Waals surface area contributed by atoms with Crippen LogP contribution in [-0.2, 0) is 11.3 Å². The number of carboxylic acid groups (broad SMARTS) is 1. The van der Waals surface area contributed by atoms with Crippen molar-refractivity contribution in [2.24, 2.45) is 0 Å². The zero-order chi connectivity index (χ0) is 13.5. The molecular formula is C11H13ClN2O4. The number of aliphatic hydroxyl groups excluding tert-OH is 1. The van der Waals surface area contributed by atoms with Gasteiger partial charge in [-0.3, -0.25) is 0 Å². The molecule has 6 nitrogen and oxygen atoms in total. The largest absolute Gasteiger partial charge is 0.480 e. The highest BCUT2D eigenvalue weighted by molar-refractivity contribution is 6.30. The van der Waals surface area contributed by atoms with E-state index in [1.54, 1.807) is 24.3 Å². The van der Waals surface area contributed by atoms with Crippen LogP contribution in [0.2, 0.25) is 5.02 Å². The van der Waals surface area contributed by atoms with Crippen LogP contribution in [0.15, 0.2) is 24.3 Å². The van der Waals surface area contributed by atoms with Crippen LogP contribution >= 0.6 is 11.6 Å². The van der Waals surface area contributed by atoms with E-state index in [2.05, 4.69) is 10.6 Å². The van der Waals surface area contributed by atoms with Gasteiger partial charge in [0.05, 0.1) is 6.61 Å². The summed E-state index contributed by atoms with van der Waals surface area (Å²) in [4.78, 5) is 21.9. The molecule has 1 unspecified atom stereocenters. The highest BCUT2D eigenvalue weighted by Gasteiger charge is 2.18. The van der Waals surface area contributed by atoms with Gasteiger partial charge in [-0.25, -0.2) is 9.59 Å². The summed E-state index contributed by atoms with van der Waals surface area (Å²) in [6.45, 7) is -0.454. The van der Waals surface area contributed by atoms with Crippen molar-refractivity contribution in [2.45, 2.75) is 12.6 Å². The van der Waals surface area contributed by atoms with E-state index in [-0.39, 0.29) is 6.54 Å². The topological polar surface area (TPSA) is 98.7 Å². The summed E-state index contributed by atoms with van der Waals surface area (Å²) in [7, 11) is 0. The lowest BCUT2D eigenvalue weighted by Gasteiger charge is -2.12. The van der Waals surface area contributed by atoms with Crippen LogP contribution in [0, 0.1) is 0 Å². The summed E-state index contributed by atoms with van der Waals surface area (Å²) in [6, 6.07) is 4.92. The van der Waals surface area contributed by atoms with Gasteiger partial charge in [-0.05, 0) is 17.7 Å². The molecule has 98 valence electrons. The molecule has 1 atom stereocenters. The monoisotopic (exact) mass is 272 g/mol. The average molecular weight is 273 g/mol. The Balaban J connectivity index is 2.44. The normalized spacial score (nSPS) is 11.7. The van der Waals surface area contributed by atoms with E-state index in [4.69, 9.17) is 21.8 Å². The summed E-state index contributed by atoms with van der Waals surface area (Å²) in [6.07, 6.45) is 0. The van der Waals surface area contributed by atoms with Gasteiger partial charge >= 0.3 is 12.0 Å². The van der Waals surface area contributed by atoms with Crippen molar-refractivity contribution in [2.75, 3.05) is 6.61 Å². The predicted octanol–water partition coefficient (Wildman–Crippen LogP) is 0.585. The lowest BCUT2D eigenvalue weighted by atomic mass is 10.2. The molecule has 0 bridgehead atoms. The number of hydrogen-bond donors (Lipinski definition) is 4. The molecule has 2 amide bonds. The summed E-state index contributed by atoms with van der Waals surface area (Å²) < 4.78 is 0. The fourth-order valence-electron chi connectivity index (χ4n) is 1.22. The number of benzene rings is 1. The average Bonchev–Trinajstić information content (AvgIpc) is 2.33. The predicted molar refractivity (Wildman–Crippen MR) is 65.3 cm³/mol. The lowest BCUT2D eigenvalue weighted by molar-refractivity contribution is -0.140. The van der Waals surface area contributed by atoms with Gasteiger partial charge in [0.25, 0.3) is 0 Å². The van der Waals surface area contributed by atoms with Gasteiger partial charge in [-0.15, -0.1) is 0 Å². The molecule has 0 heterocycles. The number of halogens is 1. The first-order valence-electron chi connectivity index (χ1n) is 5.15. The first kappa shape index (κ1) is 14.3. The van der Waals surface area contributed by atoms with Crippen molar-refractivity contribution in [1.82, 2.24) is 10.6 Å². The van der Waals surface area contributed by atoms with Crippen molar-refractivity contribution in [3.8, 4) is 0 Å². The second-order valence-corrected chi connectivity index (χ2v) is 3.97. The molecule has 0 aliphatic heterocycles. The maximum Gasteiger partial charge on any atom is 0.328 e. The Bertz CT molecular complexity index is 439. The van der Waals surface area contributed by atoms with E-state index in [9.17, 15) is 9.59 Å². The van der Waals surface area contributed by atoms with Crippen molar-refractivity contribution < 1.29 is 19.8 Å². The first-order valence-corrected chi connectivity index (χ1v) is 5.53. The fraction of sp³-hybridized carbons (Fsp3) is 0.273. The van der Waals surface area contributed by atoms with Crippen LogP contribution in [0.3, 0.4) is 0 Å². The van der Waals surface area contributed by atoms with Crippen molar-refractivity contribution in [3.05, 3.63) is 34.9 Å². The maximum atomic E-state index is 11.3. The molecule has 0 aliphatic rings. The third kappa shape index (κ3) is 4.60. The van der Waals surface area contributed by atoms with Gasteiger partial charge in [-0.2, -0.15) is 0 Å². The molecule has 0 fully saturated rings. The molecule has 0 aromatic heterocycles. The van der Waals surface area contributed by atoms with Gasteiger partial charge in [0, 0.05) is 11.6 Å². The van der Waals surface area contributed by atoms with Crippen LogP contribution in [0.25, 0.3) is 0 Å². The van der Waals surface area contributed by atoms with Crippen LogP contribution in [0.4, 0.5) is 4.79 Å². The van der Waals surface area contributed by atoms with Gasteiger partial charge in [0.15, 0.2) is 6.04 Å². The number of hydrogen-bond acceptors (Lipinski definition) is 3. The number of aliphatic carboxylic acids is 1.